The van der Waals surface area contributed by atoms with Gasteiger partial charge in [0.05, 0.1) is 18.2 Å². The van der Waals surface area contributed by atoms with Crippen LogP contribution < -0.4 is 16.4 Å². The summed E-state index contributed by atoms with van der Waals surface area (Å²) in [5.74, 6) is -1.78. The lowest BCUT2D eigenvalue weighted by molar-refractivity contribution is -0.124. The third kappa shape index (κ3) is 8.65. The second-order valence-corrected chi connectivity index (χ2v) is 8.22. The minimum absolute atomic E-state index is 0.0785. The number of aryl methyl sites for hydroxylation is 1. The van der Waals surface area contributed by atoms with E-state index in [0.717, 1.165) is 30.9 Å². The highest BCUT2D eigenvalue weighted by Gasteiger charge is 2.24. The summed E-state index contributed by atoms with van der Waals surface area (Å²) in [5.41, 5.74) is 8.63. The van der Waals surface area contributed by atoms with Gasteiger partial charge in [-0.15, -0.1) is 0 Å². The second kappa shape index (κ2) is 13.3. The number of carbonyl (C=O) groups excluding carboxylic acids is 1. The molecule has 0 fully saturated rings. The first-order valence-electron chi connectivity index (χ1n) is 11.3. The van der Waals surface area contributed by atoms with E-state index in [0.29, 0.717) is 18.5 Å². The standard InChI is InChI=1S/C25H35F2N3O2/c1-3-5-9-22(28)25(32)30-23(13-19-11-20(26)14-21(27)12-19)24(31)16-29-15-18-8-6-7-17(4-2)10-18/h6-8,10-12,14,22-24,29,31H,3-5,9,13,15-16,28H2,1-2H3,(H,30,32)/t22-,23-,24+/m1/s1. The van der Waals surface area contributed by atoms with Crippen LogP contribution in [0.1, 0.15) is 49.8 Å². The summed E-state index contributed by atoms with van der Waals surface area (Å²) in [7, 11) is 0. The predicted molar refractivity (Wildman–Crippen MR) is 123 cm³/mol. The van der Waals surface area contributed by atoms with Crippen molar-refractivity contribution in [2.24, 2.45) is 5.73 Å². The number of aliphatic hydroxyl groups excluding tert-OH is 1. The highest BCUT2D eigenvalue weighted by Crippen LogP contribution is 2.13. The van der Waals surface area contributed by atoms with Crippen molar-refractivity contribution in [1.82, 2.24) is 10.6 Å². The van der Waals surface area contributed by atoms with Gasteiger partial charge in [0, 0.05) is 19.2 Å². The van der Waals surface area contributed by atoms with Gasteiger partial charge in [-0.25, -0.2) is 8.78 Å². The highest BCUT2D eigenvalue weighted by atomic mass is 19.1. The molecule has 7 heteroatoms. The van der Waals surface area contributed by atoms with Crippen LogP contribution >= 0.6 is 0 Å². The van der Waals surface area contributed by atoms with Crippen molar-refractivity contribution in [3.63, 3.8) is 0 Å². The summed E-state index contributed by atoms with van der Waals surface area (Å²) < 4.78 is 27.3. The molecule has 0 aromatic heterocycles. The van der Waals surface area contributed by atoms with Crippen LogP contribution in [0.3, 0.4) is 0 Å². The molecule has 1 amide bonds. The van der Waals surface area contributed by atoms with Crippen LogP contribution in [0.4, 0.5) is 8.78 Å². The van der Waals surface area contributed by atoms with Crippen molar-refractivity contribution in [2.75, 3.05) is 6.54 Å². The smallest absolute Gasteiger partial charge is 0.237 e. The van der Waals surface area contributed by atoms with Crippen molar-refractivity contribution in [3.8, 4) is 0 Å². The average Bonchev–Trinajstić information content (AvgIpc) is 2.76. The molecule has 0 bridgehead atoms. The number of nitrogens with two attached hydrogens (primary N) is 1. The van der Waals surface area contributed by atoms with Gasteiger partial charge in [-0.3, -0.25) is 4.79 Å². The van der Waals surface area contributed by atoms with Gasteiger partial charge in [0.15, 0.2) is 0 Å². The molecule has 5 nitrogen and oxygen atoms in total. The lowest BCUT2D eigenvalue weighted by Crippen LogP contribution is -2.53. The number of benzene rings is 2. The average molecular weight is 448 g/mol. The van der Waals surface area contributed by atoms with Gasteiger partial charge in [0.2, 0.25) is 5.91 Å². The zero-order chi connectivity index (χ0) is 23.5. The summed E-state index contributed by atoms with van der Waals surface area (Å²) >= 11 is 0. The number of rotatable bonds is 13. The summed E-state index contributed by atoms with van der Waals surface area (Å²) in [6.07, 6.45) is 2.31. The third-order valence-electron chi connectivity index (χ3n) is 5.46. The molecule has 0 aliphatic heterocycles. The fourth-order valence-electron chi connectivity index (χ4n) is 3.58. The van der Waals surface area contributed by atoms with Gasteiger partial charge < -0.3 is 21.5 Å². The maximum absolute atomic E-state index is 13.6. The first kappa shape index (κ1) is 25.9. The molecular weight excluding hydrogens is 412 g/mol. The van der Waals surface area contributed by atoms with E-state index in [1.165, 1.54) is 17.7 Å². The van der Waals surface area contributed by atoms with E-state index in [2.05, 4.69) is 29.7 Å². The van der Waals surface area contributed by atoms with Crippen LogP contribution in [0, 0.1) is 11.6 Å². The third-order valence-corrected chi connectivity index (χ3v) is 5.46. The summed E-state index contributed by atoms with van der Waals surface area (Å²) in [5, 5.41) is 16.8. The Hall–Kier alpha value is -2.35. The molecule has 0 saturated carbocycles. The first-order valence-corrected chi connectivity index (χ1v) is 11.3. The van der Waals surface area contributed by atoms with E-state index in [-0.39, 0.29) is 18.9 Å². The summed E-state index contributed by atoms with van der Waals surface area (Å²) in [4.78, 5) is 12.5. The Kier molecular flexibility index (Phi) is 10.7. The molecule has 32 heavy (non-hydrogen) atoms. The summed E-state index contributed by atoms with van der Waals surface area (Å²) in [6.45, 7) is 4.85. The number of carbonyl (C=O) groups is 1. The first-order chi connectivity index (χ1) is 15.3. The number of hydrogen-bond donors (Lipinski definition) is 4. The molecule has 176 valence electrons. The zero-order valence-corrected chi connectivity index (χ0v) is 18.9. The quantitative estimate of drug-likeness (QED) is 0.380. The Morgan fingerprint density at radius 1 is 1.06 bits per heavy atom. The SMILES string of the molecule is CCCC[C@@H](N)C(=O)N[C@H](Cc1cc(F)cc(F)c1)[C@@H](O)CNCc1cccc(CC)c1. The minimum atomic E-state index is -0.974. The Bertz CT molecular complexity index is 843. The van der Waals surface area contributed by atoms with Crippen LogP contribution in [0.15, 0.2) is 42.5 Å². The monoisotopic (exact) mass is 447 g/mol. The maximum atomic E-state index is 13.6. The van der Waals surface area contributed by atoms with E-state index in [1.807, 2.05) is 19.1 Å². The number of nitrogens with one attached hydrogen (secondary N) is 2. The van der Waals surface area contributed by atoms with Crippen LogP contribution in [-0.2, 0) is 24.2 Å². The second-order valence-electron chi connectivity index (χ2n) is 8.22. The normalized spacial score (nSPS) is 14.1. The number of unbranched alkanes of at least 4 members (excludes halogenated alkanes) is 1. The van der Waals surface area contributed by atoms with Crippen molar-refractivity contribution in [1.29, 1.82) is 0 Å². The van der Waals surface area contributed by atoms with Gasteiger partial charge in [-0.1, -0.05) is 51.0 Å². The van der Waals surface area contributed by atoms with Gasteiger partial charge in [0.1, 0.15) is 11.6 Å². The number of aliphatic hydroxyl groups is 1. The lowest BCUT2D eigenvalue weighted by atomic mass is 9.99. The molecule has 0 spiro atoms. The lowest BCUT2D eigenvalue weighted by Gasteiger charge is -2.26. The zero-order valence-electron chi connectivity index (χ0n) is 18.9. The molecular formula is C25H35F2N3O2. The maximum Gasteiger partial charge on any atom is 0.237 e. The molecule has 0 aliphatic rings. The van der Waals surface area contributed by atoms with Crippen LogP contribution in [-0.4, -0.2) is 35.7 Å². The fourth-order valence-corrected chi connectivity index (χ4v) is 3.58. The Balaban J connectivity index is 2.04. The molecule has 2 rings (SSSR count). The molecule has 0 unspecified atom stereocenters. The highest BCUT2D eigenvalue weighted by molar-refractivity contribution is 5.81. The van der Waals surface area contributed by atoms with Gasteiger partial charge in [0.25, 0.3) is 0 Å². The van der Waals surface area contributed by atoms with Gasteiger partial charge in [-0.05, 0) is 48.1 Å². The Morgan fingerprint density at radius 2 is 1.75 bits per heavy atom. The fraction of sp³-hybridized carbons (Fsp3) is 0.480. The molecule has 0 saturated heterocycles. The molecule has 2 aromatic carbocycles. The van der Waals surface area contributed by atoms with Crippen LogP contribution in [0.2, 0.25) is 0 Å². The van der Waals surface area contributed by atoms with E-state index >= 15 is 0 Å². The van der Waals surface area contributed by atoms with E-state index in [9.17, 15) is 18.7 Å². The molecule has 2 aromatic rings. The topological polar surface area (TPSA) is 87.4 Å². The molecule has 0 radical (unpaired) electrons. The molecule has 0 heterocycles. The van der Waals surface area contributed by atoms with Crippen molar-refractivity contribution in [3.05, 3.63) is 70.8 Å². The van der Waals surface area contributed by atoms with Crippen LogP contribution in [0.5, 0.6) is 0 Å². The number of halogens is 2. The van der Waals surface area contributed by atoms with Gasteiger partial charge >= 0.3 is 0 Å². The largest absolute Gasteiger partial charge is 0.390 e. The van der Waals surface area contributed by atoms with E-state index in [4.69, 9.17) is 5.73 Å². The van der Waals surface area contributed by atoms with E-state index in [1.54, 1.807) is 0 Å². The summed E-state index contributed by atoms with van der Waals surface area (Å²) in [6, 6.07) is 9.91. The van der Waals surface area contributed by atoms with Gasteiger partial charge in [-0.2, -0.15) is 0 Å². The molecule has 5 N–H and O–H groups in total. The molecule has 3 atom stereocenters. The van der Waals surface area contributed by atoms with E-state index < -0.39 is 29.8 Å². The molecule has 0 aliphatic carbocycles. The number of amides is 1. The predicted octanol–water partition coefficient (Wildman–Crippen LogP) is 3.22. The van der Waals surface area contributed by atoms with Crippen molar-refractivity contribution < 1.29 is 18.7 Å². The minimum Gasteiger partial charge on any atom is -0.390 e. The Labute approximate surface area is 189 Å². The van der Waals surface area contributed by atoms with Crippen molar-refractivity contribution in [2.45, 2.75) is 70.7 Å². The van der Waals surface area contributed by atoms with Crippen molar-refractivity contribution >= 4 is 5.91 Å². The Morgan fingerprint density at radius 3 is 2.41 bits per heavy atom. The number of hydrogen-bond acceptors (Lipinski definition) is 4. The van der Waals surface area contributed by atoms with Crippen LogP contribution in [0.25, 0.3) is 0 Å².